The van der Waals surface area contributed by atoms with Gasteiger partial charge in [0.15, 0.2) is 0 Å². The molecule has 5 heteroatoms. The van der Waals surface area contributed by atoms with E-state index in [2.05, 4.69) is 11.4 Å². The van der Waals surface area contributed by atoms with Gasteiger partial charge in [0.2, 0.25) is 11.8 Å². The Morgan fingerprint density at radius 3 is 2.48 bits per heavy atom. The highest BCUT2D eigenvalue weighted by Gasteiger charge is 2.10. The summed E-state index contributed by atoms with van der Waals surface area (Å²) in [4.78, 5) is 25.9. The van der Waals surface area contributed by atoms with Gasteiger partial charge in [-0.3, -0.25) is 9.59 Å². The Morgan fingerprint density at radius 2 is 1.72 bits per heavy atom. The highest BCUT2D eigenvalue weighted by molar-refractivity contribution is 5.94. The molecule has 0 atom stereocenters. The second kappa shape index (κ2) is 9.55. The minimum Gasteiger partial charge on any atom is -0.497 e. The SMILES string of the molecule is COc1ccc2cc(CN(C)C(=O)CNC(=O)/C=C/c3ccccc3)ccc2c1. The summed E-state index contributed by atoms with van der Waals surface area (Å²) in [6.45, 7) is 0.426. The number of likely N-dealkylation sites (N-methyl/N-ethyl adjacent to an activating group) is 1. The van der Waals surface area contributed by atoms with Crippen LogP contribution in [-0.4, -0.2) is 37.4 Å². The van der Waals surface area contributed by atoms with Crippen LogP contribution in [0.5, 0.6) is 5.75 Å². The Labute approximate surface area is 170 Å². The van der Waals surface area contributed by atoms with Gasteiger partial charge in [0.05, 0.1) is 13.7 Å². The van der Waals surface area contributed by atoms with Crippen molar-refractivity contribution in [1.29, 1.82) is 0 Å². The van der Waals surface area contributed by atoms with Crippen molar-refractivity contribution < 1.29 is 14.3 Å². The van der Waals surface area contributed by atoms with Gasteiger partial charge in [0.1, 0.15) is 5.75 Å². The Balaban J connectivity index is 1.53. The van der Waals surface area contributed by atoms with E-state index in [-0.39, 0.29) is 18.4 Å². The topological polar surface area (TPSA) is 58.6 Å². The van der Waals surface area contributed by atoms with Crippen LogP contribution < -0.4 is 10.1 Å². The van der Waals surface area contributed by atoms with Crippen LogP contribution in [-0.2, 0) is 16.1 Å². The lowest BCUT2D eigenvalue weighted by Crippen LogP contribution is -2.37. The van der Waals surface area contributed by atoms with E-state index in [0.717, 1.165) is 27.6 Å². The molecular formula is C24H24N2O3. The maximum absolute atomic E-state index is 12.3. The first-order chi connectivity index (χ1) is 14.0. The summed E-state index contributed by atoms with van der Waals surface area (Å²) in [5, 5.41) is 4.80. The number of benzene rings is 3. The van der Waals surface area contributed by atoms with E-state index >= 15 is 0 Å². The number of rotatable bonds is 7. The third-order valence-corrected chi connectivity index (χ3v) is 4.60. The molecule has 1 N–H and O–H groups in total. The number of carbonyl (C=O) groups is 2. The molecule has 3 aromatic carbocycles. The van der Waals surface area contributed by atoms with Crippen molar-refractivity contribution in [3.63, 3.8) is 0 Å². The molecule has 0 heterocycles. The van der Waals surface area contributed by atoms with E-state index in [1.54, 1.807) is 25.1 Å². The van der Waals surface area contributed by atoms with Gasteiger partial charge in [-0.1, -0.05) is 48.5 Å². The summed E-state index contributed by atoms with van der Waals surface area (Å²) in [7, 11) is 3.37. The zero-order valence-electron chi connectivity index (χ0n) is 16.6. The Morgan fingerprint density at radius 1 is 1.00 bits per heavy atom. The molecule has 0 unspecified atom stereocenters. The summed E-state index contributed by atoms with van der Waals surface area (Å²) in [6, 6.07) is 21.5. The molecule has 3 aromatic rings. The van der Waals surface area contributed by atoms with Gasteiger partial charge < -0.3 is 15.0 Å². The number of methoxy groups -OCH3 is 1. The average Bonchev–Trinajstić information content (AvgIpc) is 2.76. The van der Waals surface area contributed by atoms with Crippen molar-refractivity contribution in [2.45, 2.75) is 6.54 Å². The van der Waals surface area contributed by atoms with Crippen LogP contribution in [0.25, 0.3) is 16.8 Å². The van der Waals surface area contributed by atoms with E-state index < -0.39 is 0 Å². The van der Waals surface area contributed by atoms with Gasteiger partial charge in [-0.05, 0) is 46.2 Å². The summed E-state index contributed by atoms with van der Waals surface area (Å²) < 4.78 is 5.24. The molecule has 3 rings (SSSR count). The number of amides is 2. The van der Waals surface area contributed by atoms with Crippen LogP contribution in [0, 0.1) is 0 Å². The maximum atomic E-state index is 12.3. The third-order valence-electron chi connectivity index (χ3n) is 4.60. The molecule has 148 valence electrons. The van der Waals surface area contributed by atoms with E-state index in [4.69, 9.17) is 4.74 Å². The lowest BCUT2D eigenvalue weighted by molar-refractivity contribution is -0.131. The van der Waals surface area contributed by atoms with Crippen LogP contribution in [0.2, 0.25) is 0 Å². The largest absolute Gasteiger partial charge is 0.497 e. The zero-order valence-corrected chi connectivity index (χ0v) is 16.6. The first kappa shape index (κ1) is 20.1. The van der Waals surface area contributed by atoms with Crippen LogP contribution >= 0.6 is 0 Å². The van der Waals surface area contributed by atoms with Crippen molar-refractivity contribution in [2.24, 2.45) is 0 Å². The van der Waals surface area contributed by atoms with Crippen molar-refractivity contribution >= 4 is 28.7 Å². The van der Waals surface area contributed by atoms with Crippen molar-refractivity contribution in [3.05, 3.63) is 83.9 Å². The molecule has 29 heavy (non-hydrogen) atoms. The van der Waals surface area contributed by atoms with Crippen LogP contribution in [0.3, 0.4) is 0 Å². The van der Waals surface area contributed by atoms with E-state index in [1.807, 2.05) is 60.7 Å². The second-order valence-corrected chi connectivity index (χ2v) is 6.76. The number of hydrogen-bond acceptors (Lipinski definition) is 3. The standard InChI is InChI=1S/C24H24N2O3/c1-26(17-19-8-10-21-15-22(29-2)12-11-20(21)14-19)24(28)16-25-23(27)13-9-18-6-4-3-5-7-18/h3-15H,16-17H2,1-2H3,(H,25,27)/b13-9+. The molecule has 0 radical (unpaired) electrons. The number of nitrogens with one attached hydrogen (secondary N) is 1. The number of carbonyl (C=O) groups excluding carboxylic acids is 2. The summed E-state index contributed by atoms with van der Waals surface area (Å²) in [5.41, 5.74) is 1.95. The highest BCUT2D eigenvalue weighted by Crippen LogP contribution is 2.22. The van der Waals surface area contributed by atoms with Crippen LogP contribution in [0.15, 0.2) is 72.8 Å². The first-order valence-electron chi connectivity index (χ1n) is 9.37. The molecule has 0 aliphatic heterocycles. The minimum absolute atomic E-state index is 0.0424. The molecule has 0 fully saturated rings. The fraction of sp³-hybridized carbons (Fsp3) is 0.167. The van der Waals surface area contributed by atoms with Gasteiger partial charge in [-0.25, -0.2) is 0 Å². The van der Waals surface area contributed by atoms with Gasteiger partial charge in [0.25, 0.3) is 0 Å². The molecule has 5 nitrogen and oxygen atoms in total. The van der Waals surface area contributed by atoms with E-state index in [1.165, 1.54) is 6.08 Å². The fourth-order valence-corrected chi connectivity index (χ4v) is 2.95. The molecule has 0 spiro atoms. The Hall–Kier alpha value is -3.60. The van der Waals surface area contributed by atoms with E-state index in [9.17, 15) is 9.59 Å². The van der Waals surface area contributed by atoms with Crippen LogP contribution in [0.1, 0.15) is 11.1 Å². The van der Waals surface area contributed by atoms with Crippen LogP contribution in [0.4, 0.5) is 0 Å². The fourth-order valence-electron chi connectivity index (χ4n) is 2.95. The van der Waals surface area contributed by atoms with Gasteiger partial charge in [-0.2, -0.15) is 0 Å². The molecule has 0 aliphatic carbocycles. The van der Waals surface area contributed by atoms with Crippen molar-refractivity contribution in [3.8, 4) is 5.75 Å². The molecule has 0 aromatic heterocycles. The zero-order chi connectivity index (χ0) is 20.6. The number of fused-ring (bicyclic) bond motifs is 1. The molecule has 2 amide bonds. The first-order valence-corrected chi connectivity index (χ1v) is 9.37. The number of ether oxygens (including phenoxy) is 1. The van der Waals surface area contributed by atoms with Crippen molar-refractivity contribution in [1.82, 2.24) is 10.2 Å². The predicted octanol–water partition coefficient (Wildman–Crippen LogP) is 3.64. The second-order valence-electron chi connectivity index (χ2n) is 6.76. The monoisotopic (exact) mass is 388 g/mol. The average molecular weight is 388 g/mol. The maximum Gasteiger partial charge on any atom is 0.244 e. The Bertz CT molecular complexity index is 1030. The van der Waals surface area contributed by atoms with Gasteiger partial charge >= 0.3 is 0 Å². The lowest BCUT2D eigenvalue weighted by atomic mass is 10.1. The quantitative estimate of drug-likeness (QED) is 0.629. The molecule has 0 aliphatic rings. The molecule has 0 saturated carbocycles. The number of nitrogens with zero attached hydrogens (tertiary/aromatic N) is 1. The Kier molecular flexibility index (Phi) is 6.63. The summed E-state index contributed by atoms with van der Waals surface area (Å²) in [5.74, 6) is 0.367. The minimum atomic E-state index is -0.296. The van der Waals surface area contributed by atoms with Gasteiger partial charge in [-0.15, -0.1) is 0 Å². The summed E-state index contributed by atoms with van der Waals surface area (Å²) in [6.07, 6.45) is 3.15. The molecule has 0 bridgehead atoms. The normalized spacial score (nSPS) is 10.8. The summed E-state index contributed by atoms with van der Waals surface area (Å²) >= 11 is 0. The third kappa shape index (κ3) is 5.69. The van der Waals surface area contributed by atoms with Crippen molar-refractivity contribution in [2.75, 3.05) is 20.7 Å². The predicted molar refractivity (Wildman–Crippen MR) is 115 cm³/mol. The van der Waals surface area contributed by atoms with E-state index in [0.29, 0.717) is 6.54 Å². The highest BCUT2D eigenvalue weighted by atomic mass is 16.5. The lowest BCUT2D eigenvalue weighted by Gasteiger charge is -2.18. The number of hydrogen-bond donors (Lipinski definition) is 1. The molecule has 0 saturated heterocycles. The molecular weight excluding hydrogens is 364 g/mol. The smallest absolute Gasteiger partial charge is 0.244 e. The van der Waals surface area contributed by atoms with Gasteiger partial charge in [0, 0.05) is 19.7 Å².